The molecule has 0 aliphatic heterocycles. The van der Waals surface area contributed by atoms with Crippen LogP contribution in [0.25, 0.3) is 0 Å². The van der Waals surface area contributed by atoms with Crippen molar-refractivity contribution in [2.24, 2.45) is 5.92 Å². The lowest BCUT2D eigenvalue weighted by molar-refractivity contribution is 0.289. The predicted octanol–water partition coefficient (Wildman–Crippen LogP) is 3.35. The molecule has 0 atom stereocenters. The summed E-state index contributed by atoms with van der Waals surface area (Å²) in [5, 5.41) is 0.571. The molecule has 0 radical (unpaired) electrons. The zero-order valence-corrected chi connectivity index (χ0v) is 9.34. The van der Waals surface area contributed by atoms with Crippen molar-refractivity contribution in [1.29, 1.82) is 0 Å². The average Bonchev–Trinajstić information content (AvgIpc) is 2.10. The van der Waals surface area contributed by atoms with E-state index >= 15 is 0 Å². The van der Waals surface area contributed by atoms with Gasteiger partial charge in [-0.2, -0.15) is 0 Å². The van der Waals surface area contributed by atoms with Gasteiger partial charge in [0.2, 0.25) is 0 Å². The summed E-state index contributed by atoms with van der Waals surface area (Å²) in [7, 11) is 0. The normalized spacial score (nSPS) is 10.6. The van der Waals surface area contributed by atoms with Gasteiger partial charge in [0.15, 0.2) is 0 Å². The number of hydrogen-bond acceptors (Lipinski definition) is 2. The molecule has 0 spiro atoms. The Morgan fingerprint density at radius 1 is 1.43 bits per heavy atom. The third-order valence-corrected chi connectivity index (χ3v) is 2.28. The van der Waals surface area contributed by atoms with Gasteiger partial charge in [0.05, 0.1) is 17.3 Å². The van der Waals surface area contributed by atoms with Gasteiger partial charge >= 0.3 is 0 Å². The molecule has 0 aromatic heterocycles. The molecule has 0 bridgehead atoms. The Morgan fingerprint density at radius 3 is 2.71 bits per heavy atom. The number of benzene rings is 1. The van der Waals surface area contributed by atoms with Crippen molar-refractivity contribution >= 4 is 17.3 Å². The van der Waals surface area contributed by atoms with Crippen molar-refractivity contribution in [3.05, 3.63) is 23.2 Å². The topological polar surface area (TPSA) is 35.2 Å². The molecule has 0 aliphatic carbocycles. The Labute approximate surface area is 90.0 Å². The van der Waals surface area contributed by atoms with E-state index in [1.165, 1.54) is 0 Å². The molecular weight excluding hydrogens is 198 g/mol. The largest absolute Gasteiger partial charge is 0.494 e. The summed E-state index contributed by atoms with van der Waals surface area (Å²) in [4.78, 5) is 0. The number of halogens is 1. The van der Waals surface area contributed by atoms with Crippen molar-refractivity contribution < 1.29 is 4.74 Å². The quantitative estimate of drug-likeness (QED) is 0.779. The second-order valence-electron chi connectivity index (χ2n) is 3.71. The summed E-state index contributed by atoms with van der Waals surface area (Å²) in [6.45, 7) is 5.05. The van der Waals surface area contributed by atoms with Gasteiger partial charge in [0, 0.05) is 6.07 Å². The van der Waals surface area contributed by atoms with Crippen LogP contribution in [0.4, 0.5) is 5.69 Å². The lowest BCUT2D eigenvalue weighted by Crippen LogP contribution is -2.01. The fraction of sp³-hybridized carbons (Fsp3) is 0.455. The maximum Gasteiger partial charge on any atom is 0.121 e. The van der Waals surface area contributed by atoms with Crippen LogP contribution in [0.3, 0.4) is 0 Å². The summed E-state index contributed by atoms with van der Waals surface area (Å²) in [5.74, 6) is 1.44. The zero-order valence-electron chi connectivity index (χ0n) is 8.59. The molecule has 0 saturated heterocycles. The van der Waals surface area contributed by atoms with E-state index in [9.17, 15) is 0 Å². The standard InChI is InChI=1S/C11H16ClNO/c1-8(2)5-6-14-9-3-4-10(12)11(13)7-9/h3-4,7-8H,5-6,13H2,1-2H3. The van der Waals surface area contributed by atoms with Crippen LogP contribution in [0.15, 0.2) is 18.2 Å². The van der Waals surface area contributed by atoms with Gasteiger partial charge in [-0.15, -0.1) is 0 Å². The minimum absolute atomic E-state index is 0.564. The molecule has 0 aliphatic rings. The van der Waals surface area contributed by atoms with Gasteiger partial charge < -0.3 is 10.5 Å². The molecule has 0 fully saturated rings. The lowest BCUT2D eigenvalue weighted by atomic mass is 10.1. The maximum atomic E-state index is 5.78. The number of nitrogens with two attached hydrogens (primary N) is 1. The van der Waals surface area contributed by atoms with Crippen LogP contribution in [-0.2, 0) is 0 Å². The summed E-state index contributed by atoms with van der Waals surface area (Å²) < 4.78 is 5.51. The average molecular weight is 214 g/mol. The van der Waals surface area contributed by atoms with Gasteiger partial charge in [-0.1, -0.05) is 25.4 Å². The summed E-state index contributed by atoms with van der Waals surface area (Å²) >= 11 is 5.78. The van der Waals surface area contributed by atoms with Crippen molar-refractivity contribution in [3.63, 3.8) is 0 Å². The zero-order chi connectivity index (χ0) is 10.6. The van der Waals surface area contributed by atoms with Crippen molar-refractivity contribution in [2.75, 3.05) is 12.3 Å². The second-order valence-corrected chi connectivity index (χ2v) is 4.12. The Hall–Kier alpha value is -0.890. The fourth-order valence-corrected chi connectivity index (χ4v) is 1.14. The molecule has 0 saturated carbocycles. The molecule has 1 aromatic carbocycles. The number of rotatable bonds is 4. The van der Waals surface area contributed by atoms with Crippen molar-refractivity contribution in [2.45, 2.75) is 20.3 Å². The van der Waals surface area contributed by atoms with Gasteiger partial charge in [0.1, 0.15) is 5.75 Å². The van der Waals surface area contributed by atoms with Gasteiger partial charge in [-0.3, -0.25) is 0 Å². The van der Waals surface area contributed by atoms with Crippen LogP contribution in [-0.4, -0.2) is 6.61 Å². The minimum Gasteiger partial charge on any atom is -0.494 e. The highest BCUT2D eigenvalue weighted by Gasteiger charge is 1.99. The van der Waals surface area contributed by atoms with Gasteiger partial charge in [-0.25, -0.2) is 0 Å². The molecule has 14 heavy (non-hydrogen) atoms. The summed E-state index contributed by atoms with van der Waals surface area (Å²) in [6.07, 6.45) is 1.04. The third-order valence-electron chi connectivity index (χ3n) is 1.93. The van der Waals surface area contributed by atoms with E-state index in [0.717, 1.165) is 18.8 Å². The second kappa shape index (κ2) is 5.11. The van der Waals surface area contributed by atoms with E-state index in [2.05, 4.69) is 13.8 Å². The van der Waals surface area contributed by atoms with E-state index < -0.39 is 0 Å². The summed E-state index contributed by atoms with van der Waals surface area (Å²) in [5.41, 5.74) is 6.20. The first kappa shape index (κ1) is 11.2. The Balaban J connectivity index is 2.47. The molecule has 1 aromatic rings. The number of anilines is 1. The first-order valence-corrected chi connectivity index (χ1v) is 5.15. The van der Waals surface area contributed by atoms with Crippen LogP contribution >= 0.6 is 11.6 Å². The smallest absolute Gasteiger partial charge is 0.121 e. The molecule has 78 valence electrons. The van der Waals surface area contributed by atoms with Crippen LogP contribution in [0, 0.1) is 5.92 Å². The molecule has 2 nitrogen and oxygen atoms in total. The highest BCUT2D eigenvalue weighted by molar-refractivity contribution is 6.33. The monoisotopic (exact) mass is 213 g/mol. The Kier molecular flexibility index (Phi) is 4.08. The molecule has 1 rings (SSSR count). The summed E-state index contributed by atoms with van der Waals surface area (Å²) in [6, 6.07) is 5.34. The van der Waals surface area contributed by atoms with Crippen molar-refractivity contribution in [1.82, 2.24) is 0 Å². The fourth-order valence-electron chi connectivity index (χ4n) is 1.02. The Bertz CT molecular complexity index is 299. The first-order chi connectivity index (χ1) is 6.59. The lowest BCUT2D eigenvalue weighted by Gasteiger charge is -2.08. The van der Waals surface area contributed by atoms with Gasteiger partial charge in [0.25, 0.3) is 0 Å². The highest BCUT2D eigenvalue weighted by Crippen LogP contribution is 2.23. The van der Waals surface area contributed by atoms with E-state index in [-0.39, 0.29) is 0 Å². The molecule has 0 heterocycles. The number of hydrogen-bond donors (Lipinski definition) is 1. The van der Waals surface area contributed by atoms with Crippen LogP contribution in [0.5, 0.6) is 5.75 Å². The number of ether oxygens (including phenoxy) is 1. The molecule has 0 unspecified atom stereocenters. The highest BCUT2D eigenvalue weighted by atomic mass is 35.5. The predicted molar refractivity (Wildman–Crippen MR) is 60.8 cm³/mol. The first-order valence-electron chi connectivity index (χ1n) is 4.77. The SMILES string of the molecule is CC(C)CCOc1ccc(Cl)c(N)c1. The van der Waals surface area contributed by atoms with E-state index in [1.54, 1.807) is 12.1 Å². The van der Waals surface area contributed by atoms with Crippen molar-refractivity contribution in [3.8, 4) is 5.75 Å². The van der Waals surface area contributed by atoms with E-state index in [0.29, 0.717) is 16.6 Å². The maximum absolute atomic E-state index is 5.78. The van der Waals surface area contributed by atoms with Crippen LogP contribution in [0.1, 0.15) is 20.3 Å². The van der Waals surface area contributed by atoms with Crippen LogP contribution < -0.4 is 10.5 Å². The third kappa shape index (κ3) is 3.46. The number of nitrogen functional groups attached to an aromatic ring is 1. The minimum atomic E-state index is 0.564. The van der Waals surface area contributed by atoms with E-state index in [4.69, 9.17) is 22.1 Å². The van der Waals surface area contributed by atoms with Crippen LogP contribution in [0.2, 0.25) is 5.02 Å². The molecular formula is C11H16ClNO. The van der Waals surface area contributed by atoms with E-state index in [1.807, 2.05) is 6.07 Å². The molecule has 2 N–H and O–H groups in total. The Morgan fingerprint density at radius 2 is 2.14 bits per heavy atom. The molecule has 3 heteroatoms. The van der Waals surface area contributed by atoms with Gasteiger partial charge in [-0.05, 0) is 24.5 Å². The molecule has 0 amide bonds.